The Balaban J connectivity index is 1.70. The van der Waals surface area contributed by atoms with E-state index in [1.165, 1.54) is 16.9 Å². The van der Waals surface area contributed by atoms with Crippen LogP contribution in [0.1, 0.15) is 56.3 Å². The van der Waals surface area contributed by atoms with Gasteiger partial charge in [0.25, 0.3) is 5.56 Å². The molecule has 0 bridgehead atoms. The molecule has 2 heterocycles. The van der Waals surface area contributed by atoms with Gasteiger partial charge in [0.1, 0.15) is 10.7 Å². The first-order valence-corrected chi connectivity index (χ1v) is 11.3. The number of aromatic nitrogens is 2. The van der Waals surface area contributed by atoms with Gasteiger partial charge < -0.3 is 14.8 Å². The summed E-state index contributed by atoms with van der Waals surface area (Å²) in [5.41, 5.74) is 1.20. The molecule has 0 aliphatic heterocycles. The molecule has 1 atom stereocenters. The largest absolute Gasteiger partial charge is 0.389 e. The summed E-state index contributed by atoms with van der Waals surface area (Å²) in [6.45, 7) is 9.16. The van der Waals surface area contributed by atoms with Crippen LogP contribution < -0.4 is 5.56 Å². The first kappa shape index (κ1) is 21.4. The van der Waals surface area contributed by atoms with Crippen LogP contribution in [0, 0.1) is 5.92 Å². The van der Waals surface area contributed by atoms with Crippen LogP contribution in [-0.4, -0.2) is 52.4 Å². The van der Waals surface area contributed by atoms with Crippen molar-refractivity contribution in [3.8, 4) is 0 Å². The fraction of sp³-hybridized carbons (Fsp3) is 0.714. The van der Waals surface area contributed by atoms with Gasteiger partial charge in [-0.1, -0.05) is 20.8 Å². The Morgan fingerprint density at radius 2 is 2.07 bits per heavy atom. The number of hydrogen-bond donors (Lipinski definition) is 2. The summed E-state index contributed by atoms with van der Waals surface area (Å²) in [5, 5.41) is 11.1. The SMILES string of the molecule is CCCN(Cc1nc2sc3c(c2c(=O)[nH]1)CCCC3)C[C@H](O)COCC(C)C. The molecule has 0 saturated heterocycles. The molecule has 0 aromatic carbocycles. The van der Waals surface area contributed by atoms with Crippen molar-refractivity contribution in [3.63, 3.8) is 0 Å². The lowest BCUT2D eigenvalue weighted by Gasteiger charge is -2.24. The van der Waals surface area contributed by atoms with E-state index in [-0.39, 0.29) is 5.56 Å². The lowest BCUT2D eigenvalue weighted by molar-refractivity contribution is 0.00657. The van der Waals surface area contributed by atoms with Crippen LogP contribution in [0.15, 0.2) is 4.79 Å². The summed E-state index contributed by atoms with van der Waals surface area (Å²) in [4.78, 5) is 24.8. The average Bonchev–Trinajstić information content (AvgIpc) is 3.00. The van der Waals surface area contributed by atoms with Crippen LogP contribution in [0.4, 0.5) is 0 Å². The normalized spacial score (nSPS) is 15.5. The van der Waals surface area contributed by atoms with E-state index >= 15 is 0 Å². The molecule has 28 heavy (non-hydrogen) atoms. The third-order valence-corrected chi connectivity index (χ3v) is 6.20. The van der Waals surface area contributed by atoms with Gasteiger partial charge in [-0.25, -0.2) is 4.98 Å². The zero-order valence-electron chi connectivity index (χ0n) is 17.3. The second-order valence-electron chi connectivity index (χ2n) is 8.22. The number of rotatable bonds is 10. The number of aliphatic hydroxyl groups excluding tert-OH is 1. The van der Waals surface area contributed by atoms with Gasteiger partial charge in [-0.3, -0.25) is 9.69 Å². The van der Waals surface area contributed by atoms with E-state index < -0.39 is 6.10 Å². The van der Waals surface area contributed by atoms with E-state index in [0.29, 0.717) is 38.0 Å². The third kappa shape index (κ3) is 5.41. The highest BCUT2D eigenvalue weighted by atomic mass is 32.1. The van der Waals surface area contributed by atoms with Gasteiger partial charge in [0.2, 0.25) is 0 Å². The fourth-order valence-electron chi connectivity index (χ4n) is 3.84. The molecule has 0 saturated carbocycles. The van der Waals surface area contributed by atoms with E-state index in [1.54, 1.807) is 11.3 Å². The quantitative estimate of drug-likeness (QED) is 0.633. The molecule has 2 aromatic heterocycles. The second-order valence-corrected chi connectivity index (χ2v) is 9.31. The molecule has 1 aliphatic rings. The number of thiophene rings is 1. The Hall–Kier alpha value is -1.28. The molecule has 1 aliphatic carbocycles. The average molecular weight is 408 g/mol. The summed E-state index contributed by atoms with van der Waals surface area (Å²) in [5.74, 6) is 1.14. The highest BCUT2D eigenvalue weighted by molar-refractivity contribution is 7.18. The van der Waals surface area contributed by atoms with Crippen LogP contribution in [0.25, 0.3) is 10.2 Å². The highest BCUT2D eigenvalue weighted by Gasteiger charge is 2.20. The number of aliphatic hydroxyl groups is 1. The third-order valence-electron chi connectivity index (χ3n) is 5.02. The maximum atomic E-state index is 12.7. The Morgan fingerprint density at radius 3 is 2.82 bits per heavy atom. The number of aryl methyl sites for hydroxylation is 2. The Morgan fingerprint density at radius 1 is 1.29 bits per heavy atom. The molecular weight excluding hydrogens is 374 g/mol. The fourth-order valence-corrected chi connectivity index (χ4v) is 5.12. The van der Waals surface area contributed by atoms with Crippen LogP contribution in [-0.2, 0) is 24.1 Å². The van der Waals surface area contributed by atoms with Gasteiger partial charge in [-0.2, -0.15) is 0 Å². The molecule has 0 spiro atoms. The predicted molar refractivity (Wildman–Crippen MR) is 114 cm³/mol. The van der Waals surface area contributed by atoms with Crippen LogP contribution >= 0.6 is 11.3 Å². The van der Waals surface area contributed by atoms with Crippen LogP contribution in [0.2, 0.25) is 0 Å². The summed E-state index contributed by atoms with van der Waals surface area (Å²) in [6.07, 6.45) is 4.83. The van der Waals surface area contributed by atoms with Gasteiger partial charge in [0.15, 0.2) is 0 Å². The number of H-pyrrole nitrogens is 1. The smallest absolute Gasteiger partial charge is 0.259 e. The van der Waals surface area contributed by atoms with Crippen molar-refractivity contribution in [2.45, 2.75) is 65.5 Å². The summed E-state index contributed by atoms with van der Waals surface area (Å²) in [6, 6.07) is 0. The molecule has 0 fully saturated rings. The Kier molecular flexibility index (Phi) is 7.62. The summed E-state index contributed by atoms with van der Waals surface area (Å²) < 4.78 is 5.56. The Bertz CT molecular complexity index is 830. The zero-order chi connectivity index (χ0) is 20.1. The monoisotopic (exact) mass is 407 g/mol. The number of fused-ring (bicyclic) bond motifs is 3. The van der Waals surface area contributed by atoms with Crippen molar-refractivity contribution in [3.05, 3.63) is 26.6 Å². The summed E-state index contributed by atoms with van der Waals surface area (Å²) >= 11 is 1.68. The predicted octanol–water partition coefficient (Wildman–Crippen LogP) is 3.11. The van der Waals surface area contributed by atoms with Crippen molar-refractivity contribution in [1.82, 2.24) is 14.9 Å². The van der Waals surface area contributed by atoms with Gasteiger partial charge in [0, 0.05) is 18.0 Å². The molecule has 3 rings (SSSR count). The molecular formula is C21H33N3O3S. The van der Waals surface area contributed by atoms with E-state index in [4.69, 9.17) is 9.72 Å². The van der Waals surface area contributed by atoms with Crippen molar-refractivity contribution >= 4 is 21.6 Å². The van der Waals surface area contributed by atoms with Gasteiger partial charge in [0.05, 0.1) is 24.6 Å². The van der Waals surface area contributed by atoms with Gasteiger partial charge >= 0.3 is 0 Å². The minimum atomic E-state index is -0.546. The van der Waals surface area contributed by atoms with Crippen molar-refractivity contribution in [2.75, 3.05) is 26.3 Å². The molecule has 2 N–H and O–H groups in total. The number of nitrogens with zero attached hydrogens (tertiary/aromatic N) is 2. The minimum absolute atomic E-state index is 0.0170. The lowest BCUT2D eigenvalue weighted by atomic mass is 9.97. The van der Waals surface area contributed by atoms with Crippen molar-refractivity contribution in [1.29, 1.82) is 0 Å². The Labute approximate surface area is 170 Å². The zero-order valence-corrected chi connectivity index (χ0v) is 18.1. The van der Waals surface area contributed by atoms with Crippen molar-refractivity contribution < 1.29 is 9.84 Å². The number of hydrogen-bond acceptors (Lipinski definition) is 6. The van der Waals surface area contributed by atoms with E-state index in [0.717, 1.165) is 42.4 Å². The summed E-state index contributed by atoms with van der Waals surface area (Å²) in [7, 11) is 0. The molecule has 0 radical (unpaired) electrons. The second kappa shape index (κ2) is 9.96. The highest BCUT2D eigenvalue weighted by Crippen LogP contribution is 2.33. The van der Waals surface area contributed by atoms with Gasteiger partial charge in [-0.05, 0) is 50.1 Å². The van der Waals surface area contributed by atoms with E-state index in [1.807, 2.05) is 0 Å². The first-order valence-electron chi connectivity index (χ1n) is 10.5. The number of nitrogens with one attached hydrogen (secondary N) is 1. The van der Waals surface area contributed by atoms with Crippen LogP contribution in [0.3, 0.4) is 0 Å². The first-order chi connectivity index (χ1) is 13.5. The molecule has 0 unspecified atom stereocenters. The van der Waals surface area contributed by atoms with Gasteiger partial charge in [-0.15, -0.1) is 11.3 Å². The number of ether oxygens (including phenoxy) is 1. The molecule has 156 valence electrons. The standard InChI is InChI=1S/C21H33N3O3S/c1-4-9-24(10-15(25)13-27-12-14(2)3)11-18-22-20(26)19-16-7-5-6-8-17(16)28-21(19)23-18/h14-15,25H,4-13H2,1-3H3,(H,22,23,26)/t15-/m0/s1. The number of aromatic amines is 1. The van der Waals surface area contributed by atoms with E-state index in [9.17, 15) is 9.90 Å². The van der Waals surface area contributed by atoms with Crippen molar-refractivity contribution in [2.24, 2.45) is 5.92 Å². The maximum absolute atomic E-state index is 12.7. The molecule has 6 nitrogen and oxygen atoms in total. The van der Waals surface area contributed by atoms with Crippen LogP contribution in [0.5, 0.6) is 0 Å². The maximum Gasteiger partial charge on any atom is 0.259 e. The molecule has 2 aromatic rings. The topological polar surface area (TPSA) is 78.5 Å². The lowest BCUT2D eigenvalue weighted by Crippen LogP contribution is -2.36. The minimum Gasteiger partial charge on any atom is -0.389 e. The molecule has 7 heteroatoms. The molecule has 0 amide bonds. The van der Waals surface area contributed by atoms with E-state index in [2.05, 4.69) is 30.7 Å².